The summed E-state index contributed by atoms with van der Waals surface area (Å²) in [5, 5.41) is 0.682. The summed E-state index contributed by atoms with van der Waals surface area (Å²) < 4.78 is 27.0. The molecule has 6 heteroatoms. The Labute approximate surface area is 119 Å². The molecule has 0 atom stereocenters. The Morgan fingerprint density at radius 1 is 1.35 bits per heavy atom. The second-order valence-corrected chi connectivity index (χ2v) is 7.21. The average molecular weight is 295 g/mol. The van der Waals surface area contributed by atoms with Crippen LogP contribution in [0.5, 0.6) is 0 Å². The molecular formula is C14H21N3O2S. The Hall–Kier alpha value is -1.53. The summed E-state index contributed by atoms with van der Waals surface area (Å²) in [7, 11) is -3.48. The lowest BCUT2D eigenvalue weighted by Gasteiger charge is -2.21. The molecule has 110 valence electrons. The molecule has 2 rings (SSSR count). The summed E-state index contributed by atoms with van der Waals surface area (Å²) >= 11 is 0. The minimum atomic E-state index is -3.48. The van der Waals surface area contributed by atoms with Crippen LogP contribution in [-0.2, 0) is 10.0 Å². The van der Waals surface area contributed by atoms with E-state index in [1.54, 1.807) is 24.4 Å². The zero-order chi connectivity index (χ0) is 14.9. The zero-order valence-electron chi connectivity index (χ0n) is 12.1. The molecule has 0 saturated heterocycles. The van der Waals surface area contributed by atoms with Crippen LogP contribution in [0.3, 0.4) is 0 Å². The fourth-order valence-corrected chi connectivity index (χ4v) is 4.05. The van der Waals surface area contributed by atoms with Gasteiger partial charge in [-0.15, -0.1) is 0 Å². The normalized spacial score (nSPS) is 12.7. The van der Waals surface area contributed by atoms with Gasteiger partial charge in [0.2, 0.25) is 10.0 Å². The Morgan fingerprint density at radius 2 is 2.05 bits per heavy atom. The van der Waals surface area contributed by atoms with Gasteiger partial charge in [-0.2, -0.15) is 4.31 Å². The molecule has 0 unspecified atom stereocenters. The van der Waals surface area contributed by atoms with Crippen molar-refractivity contribution < 1.29 is 8.42 Å². The van der Waals surface area contributed by atoms with Crippen LogP contribution in [0.1, 0.15) is 20.8 Å². The summed E-state index contributed by atoms with van der Waals surface area (Å²) in [6.45, 7) is 6.84. The largest absolute Gasteiger partial charge is 0.399 e. The third-order valence-electron chi connectivity index (χ3n) is 3.21. The second kappa shape index (κ2) is 5.46. The lowest BCUT2D eigenvalue weighted by Crippen LogP contribution is -2.33. The minimum absolute atomic E-state index is 0.283. The van der Waals surface area contributed by atoms with Crippen molar-refractivity contribution >= 4 is 26.6 Å². The first-order valence-corrected chi connectivity index (χ1v) is 8.17. The van der Waals surface area contributed by atoms with Gasteiger partial charge in [0.1, 0.15) is 4.90 Å². The van der Waals surface area contributed by atoms with Crippen LogP contribution < -0.4 is 5.73 Å². The maximum Gasteiger partial charge on any atom is 0.245 e. The van der Waals surface area contributed by atoms with Crippen molar-refractivity contribution in [1.29, 1.82) is 0 Å². The second-order valence-electron chi connectivity index (χ2n) is 5.31. The maximum atomic E-state index is 12.7. The number of anilines is 1. The van der Waals surface area contributed by atoms with Crippen molar-refractivity contribution in [2.75, 3.05) is 18.8 Å². The summed E-state index contributed by atoms with van der Waals surface area (Å²) in [4.78, 5) is 3.30. The van der Waals surface area contributed by atoms with Gasteiger partial charge in [0, 0.05) is 35.9 Å². The molecular weight excluding hydrogens is 274 g/mol. The van der Waals surface area contributed by atoms with E-state index in [4.69, 9.17) is 5.73 Å². The predicted molar refractivity (Wildman–Crippen MR) is 82.0 cm³/mol. The predicted octanol–water partition coefficient (Wildman–Crippen LogP) is 2.42. The maximum absolute atomic E-state index is 12.7. The smallest absolute Gasteiger partial charge is 0.245 e. The van der Waals surface area contributed by atoms with E-state index in [1.807, 2.05) is 20.8 Å². The molecule has 0 radical (unpaired) electrons. The first-order chi connectivity index (χ1) is 9.36. The molecule has 1 heterocycles. The third-order valence-corrected chi connectivity index (χ3v) is 5.19. The fourth-order valence-electron chi connectivity index (χ4n) is 2.27. The van der Waals surface area contributed by atoms with Gasteiger partial charge >= 0.3 is 0 Å². The Balaban J connectivity index is 2.51. The molecule has 3 N–H and O–H groups in total. The van der Waals surface area contributed by atoms with Crippen molar-refractivity contribution in [2.45, 2.75) is 25.7 Å². The van der Waals surface area contributed by atoms with Crippen LogP contribution in [0.2, 0.25) is 0 Å². The number of aromatic nitrogens is 1. The number of aromatic amines is 1. The number of H-pyrrole nitrogens is 1. The number of fused-ring (bicyclic) bond motifs is 1. The van der Waals surface area contributed by atoms with Crippen LogP contribution in [0, 0.1) is 5.92 Å². The first kappa shape index (κ1) is 14.9. The van der Waals surface area contributed by atoms with Gasteiger partial charge in [0.05, 0.1) is 0 Å². The number of benzene rings is 1. The van der Waals surface area contributed by atoms with Gasteiger partial charge in [-0.3, -0.25) is 0 Å². The molecule has 0 amide bonds. The Kier molecular flexibility index (Phi) is 4.06. The molecule has 0 spiro atoms. The van der Waals surface area contributed by atoms with Gasteiger partial charge in [-0.1, -0.05) is 20.8 Å². The number of hydrogen-bond donors (Lipinski definition) is 2. The van der Waals surface area contributed by atoms with Gasteiger partial charge in [0.25, 0.3) is 0 Å². The van der Waals surface area contributed by atoms with Crippen LogP contribution in [0.4, 0.5) is 5.69 Å². The number of nitrogens with two attached hydrogens (primary N) is 1. The van der Waals surface area contributed by atoms with Crippen LogP contribution in [0.15, 0.2) is 29.3 Å². The molecule has 1 aromatic carbocycles. The molecule has 0 saturated carbocycles. The summed E-state index contributed by atoms with van der Waals surface area (Å²) in [5.41, 5.74) is 7.06. The topological polar surface area (TPSA) is 79.2 Å². The highest BCUT2D eigenvalue weighted by Crippen LogP contribution is 2.27. The average Bonchev–Trinajstić information content (AvgIpc) is 2.78. The van der Waals surface area contributed by atoms with Crippen molar-refractivity contribution in [3.05, 3.63) is 24.4 Å². The van der Waals surface area contributed by atoms with E-state index in [-0.39, 0.29) is 5.92 Å². The van der Waals surface area contributed by atoms with Crippen molar-refractivity contribution in [3.63, 3.8) is 0 Å². The fraction of sp³-hybridized carbons (Fsp3) is 0.429. The number of nitrogens with one attached hydrogen (secondary N) is 1. The summed E-state index contributed by atoms with van der Waals surface area (Å²) in [6, 6.07) is 5.21. The summed E-state index contributed by atoms with van der Waals surface area (Å²) in [5.74, 6) is 0.283. The Bertz CT molecular complexity index is 704. The highest BCUT2D eigenvalue weighted by atomic mass is 32.2. The quantitative estimate of drug-likeness (QED) is 0.831. The van der Waals surface area contributed by atoms with Crippen LogP contribution >= 0.6 is 0 Å². The van der Waals surface area contributed by atoms with Crippen LogP contribution in [0.25, 0.3) is 10.9 Å². The molecule has 0 bridgehead atoms. The van der Waals surface area contributed by atoms with Crippen molar-refractivity contribution in [2.24, 2.45) is 5.92 Å². The van der Waals surface area contributed by atoms with Crippen LogP contribution in [-0.4, -0.2) is 30.8 Å². The van der Waals surface area contributed by atoms with E-state index in [1.165, 1.54) is 4.31 Å². The monoisotopic (exact) mass is 295 g/mol. The highest BCUT2D eigenvalue weighted by molar-refractivity contribution is 7.89. The third kappa shape index (κ3) is 2.66. The summed E-state index contributed by atoms with van der Waals surface area (Å²) in [6.07, 6.45) is 1.54. The first-order valence-electron chi connectivity index (χ1n) is 6.73. The lowest BCUT2D eigenvalue weighted by molar-refractivity contribution is 0.381. The van der Waals surface area contributed by atoms with E-state index in [9.17, 15) is 8.42 Å². The highest BCUT2D eigenvalue weighted by Gasteiger charge is 2.26. The van der Waals surface area contributed by atoms with E-state index in [0.717, 1.165) is 5.52 Å². The molecule has 1 aromatic heterocycles. The molecule has 20 heavy (non-hydrogen) atoms. The van der Waals surface area contributed by atoms with E-state index >= 15 is 0 Å². The Morgan fingerprint density at radius 3 is 2.65 bits per heavy atom. The molecule has 0 aliphatic rings. The number of rotatable bonds is 5. The number of sulfonamides is 1. The standard InChI is InChI=1S/C14H21N3O2S/c1-4-17(9-10(2)3)20(18,19)14-8-16-13-7-11(15)5-6-12(13)14/h5-8,10,16H,4,9,15H2,1-3H3. The minimum Gasteiger partial charge on any atom is -0.399 e. The van der Waals surface area contributed by atoms with Crippen molar-refractivity contribution in [1.82, 2.24) is 9.29 Å². The molecule has 0 fully saturated rings. The van der Waals surface area contributed by atoms with E-state index < -0.39 is 10.0 Å². The number of nitrogen functional groups attached to an aromatic ring is 1. The van der Waals surface area contributed by atoms with E-state index in [0.29, 0.717) is 29.1 Å². The molecule has 2 aromatic rings. The molecule has 5 nitrogen and oxygen atoms in total. The SMILES string of the molecule is CCN(CC(C)C)S(=O)(=O)c1c[nH]c2cc(N)ccc12. The van der Waals surface area contributed by atoms with Gasteiger partial charge < -0.3 is 10.7 Å². The lowest BCUT2D eigenvalue weighted by atomic mass is 10.2. The zero-order valence-corrected chi connectivity index (χ0v) is 12.9. The van der Waals surface area contributed by atoms with Gasteiger partial charge in [-0.05, 0) is 24.1 Å². The van der Waals surface area contributed by atoms with Gasteiger partial charge in [0.15, 0.2) is 0 Å². The number of nitrogens with zero attached hydrogens (tertiary/aromatic N) is 1. The molecule has 0 aliphatic carbocycles. The molecule has 0 aliphatic heterocycles. The van der Waals surface area contributed by atoms with Gasteiger partial charge in [-0.25, -0.2) is 8.42 Å². The van der Waals surface area contributed by atoms with Crippen molar-refractivity contribution in [3.8, 4) is 0 Å². The number of hydrogen-bond acceptors (Lipinski definition) is 3. The van der Waals surface area contributed by atoms with E-state index in [2.05, 4.69) is 4.98 Å².